The third-order valence-electron chi connectivity index (χ3n) is 11.0. The Kier molecular flexibility index (Phi) is 8.30. The first kappa shape index (κ1) is 33.8. The number of para-hydroxylation sites is 4. The van der Waals surface area contributed by atoms with Crippen LogP contribution in [0.25, 0.3) is 58.8 Å². The molecule has 0 aliphatic heterocycles. The first-order valence-corrected chi connectivity index (χ1v) is 20.4. The van der Waals surface area contributed by atoms with Gasteiger partial charge in [0.15, 0.2) is 0 Å². The molecular weight excluding hydrogens is 725 g/mol. The molecule has 11 rings (SSSR count). The van der Waals surface area contributed by atoms with Gasteiger partial charge in [0.05, 0.1) is 22.9 Å². The summed E-state index contributed by atoms with van der Waals surface area (Å²) >= 11 is 1.85. The van der Waals surface area contributed by atoms with Gasteiger partial charge in [0.2, 0.25) is 0 Å². The predicted molar refractivity (Wildman–Crippen MR) is 246 cm³/mol. The van der Waals surface area contributed by atoms with Crippen LogP contribution in [0.15, 0.2) is 219 Å². The molecule has 0 N–H and O–H groups in total. The van der Waals surface area contributed by atoms with Crippen LogP contribution in [0, 0.1) is 0 Å². The van der Waals surface area contributed by atoms with Crippen molar-refractivity contribution < 1.29 is 0 Å². The Morgan fingerprint density at radius 2 is 0.862 bits per heavy atom. The van der Waals surface area contributed by atoms with Crippen molar-refractivity contribution in [3.05, 3.63) is 219 Å². The molecule has 274 valence electrons. The second-order valence-corrected chi connectivity index (χ2v) is 15.5. The van der Waals surface area contributed by atoms with Crippen LogP contribution in [0.2, 0.25) is 0 Å². The van der Waals surface area contributed by atoms with Crippen LogP contribution in [0.3, 0.4) is 0 Å². The van der Waals surface area contributed by atoms with Gasteiger partial charge in [-0.1, -0.05) is 115 Å². The summed E-state index contributed by atoms with van der Waals surface area (Å²) in [6, 6.07) is 75.7. The number of benzene rings is 8. The lowest BCUT2D eigenvalue weighted by molar-refractivity contribution is 1.15. The maximum atomic E-state index is 5.17. The van der Waals surface area contributed by atoms with Crippen LogP contribution in [0.4, 0.5) is 34.3 Å². The minimum atomic E-state index is 0.828. The Morgan fingerprint density at radius 3 is 1.48 bits per heavy atom. The Hall–Kier alpha value is -7.47. The van der Waals surface area contributed by atoms with Crippen LogP contribution in [-0.4, -0.2) is 9.55 Å². The zero-order valence-electron chi connectivity index (χ0n) is 31.5. The predicted octanol–water partition coefficient (Wildman–Crippen LogP) is 15.2. The minimum Gasteiger partial charge on any atom is -0.309 e. The average molecular weight is 761 g/mol. The summed E-state index contributed by atoms with van der Waals surface area (Å²) in [5.74, 6) is 0.828. The highest BCUT2D eigenvalue weighted by Gasteiger charge is 2.19. The molecule has 58 heavy (non-hydrogen) atoms. The van der Waals surface area contributed by atoms with Gasteiger partial charge in [0.1, 0.15) is 5.82 Å². The number of rotatable bonds is 8. The lowest BCUT2D eigenvalue weighted by Gasteiger charge is -2.27. The third-order valence-corrected chi connectivity index (χ3v) is 12.2. The molecule has 0 amide bonds. The molecule has 0 atom stereocenters. The summed E-state index contributed by atoms with van der Waals surface area (Å²) in [4.78, 5) is 9.66. The Balaban J connectivity index is 1.000. The van der Waals surface area contributed by atoms with Crippen molar-refractivity contribution in [1.82, 2.24) is 9.55 Å². The van der Waals surface area contributed by atoms with Gasteiger partial charge in [-0.3, -0.25) is 4.90 Å². The second-order valence-electron chi connectivity index (χ2n) is 14.5. The summed E-state index contributed by atoms with van der Waals surface area (Å²) < 4.78 is 4.98. The summed E-state index contributed by atoms with van der Waals surface area (Å²) in [7, 11) is 0. The van der Waals surface area contributed by atoms with Crippen molar-refractivity contribution in [3.8, 4) is 16.8 Å². The van der Waals surface area contributed by atoms with Crippen molar-refractivity contribution in [2.24, 2.45) is 0 Å². The fraction of sp³-hybridized carbons (Fsp3) is 0. The molecular formula is C53H36N4S. The van der Waals surface area contributed by atoms with Crippen LogP contribution in [0.1, 0.15) is 0 Å². The first-order valence-electron chi connectivity index (χ1n) is 19.5. The van der Waals surface area contributed by atoms with Crippen molar-refractivity contribution in [2.75, 3.05) is 9.80 Å². The lowest BCUT2D eigenvalue weighted by Crippen LogP contribution is -2.13. The summed E-state index contributed by atoms with van der Waals surface area (Å²) in [6.07, 6.45) is 1.98. The SMILES string of the molecule is c1ccc(N(c2ccccc2)c2ccc(N(c3ccc(-c4ccc5c(c4)sc4ccccc45)cc3)c3ccc(-n4c5ccccc5c5ccccc54)cc3)nc2)cc1. The Morgan fingerprint density at radius 1 is 0.362 bits per heavy atom. The minimum absolute atomic E-state index is 0.828. The number of hydrogen-bond donors (Lipinski definition) is 0. The molecule has 0 bridgehead atoms. The first-order chi connectivity index (χ1) is 28.8. The Labute approximate surface area is 340 Å². The topological polar surface area (TPSA) is 24.3 Å². The molecule has 11 aromatic rings. The normalized spacial score (nSPS) is 11.4. The second kappa shape index (κ2) is 14.2. The number of anilines is 6. The van der Waals surface area contributed by atoms with Gasteiger partial charge in [-0.2, -0.15) is 0 Å². The van der Waals surface area contributed by atoms with Gasteiger partial charge in [0, 0.05) is 59.4 Å². The molecule has 4 nitrogen and oxygen atoms in total. The number of pyridine rings is 1. The van der Waals surface area contributed by atoms with Gasteiger partial charge in [-0.05, 0) is 108 Å². The van der Waals surface area contributed by atoms with E-state index in [1.165, 1.54) is 53.1 Å². The Bertz CT molecular complexity index is 3110. The molecule has 0 unspecified atom stereocenters. The number of aromatic nitrogens is 2. The lowest BCUT2D eigenvalue weighted by atomic mass is 10.0. The number of hydrogen-bond acceptors (Lipinski definition) is 4. The van der Waals surface area contributed by atoms with Crippen LogP contribution >= 0.6 is 11.3 Å². The van der Waals surface area contributed by atoms with E-state index in [-0.39, 0.29) is 0 Å². The highest BCUT2D eigenvalue weighted by molar-refractivity contribution is 7.25. The molecule has 8 aromatic carbocycles. The van der Waals surface area contributed by atoms with E-state index in [1.807, 2.05) is 29.7 Å². The number of fused-ring (bicyclic) bond motifs is 6. The molecule has 0 radical (unpaired) electrons. The number of thiophene rings is 1. The summed E-state index contributed by atoms with van der Waals surface area (Å²) in [5.41, 5.74) is 11.0. The van der Waals surface area contributed by atoms with Crippen LogP contribution in [0.5, 0.6) is 0 Å². The fourth-order valence-electron chi connectivity index (χ4n) is 8.32. The standard InChI is InChI=1S/C53H36N4S/c1-3-13-39(14-4-1)55(40-15-5-2-6-16-40)44-32-34-53(54-36-44)56(41-26-23-37(24-27-41)38-25-33-48-47-19-9-12-22-51(47)58-52(48)35-38)42-28-30-43(31-29-42)57-49-20-10-7-17-45(49)46-18-8-11-21-50(46)57/h1-36H. The van der Waals surface area contributed by atoms with Gasteiger partial charge in [0.25, 0.3) is 0 Å². The zero-order valence-corrected chi connectivity index (χ0v) is 32.3. The van der Waals surface area contributed by atoms with Crippen molar-refractivity contribution in [1.29, 1.82) is 0 Å². The van der Waals surface area contributed by atoms with E-state index in [2.05, 4.69) is 215 Å². The van der Waals surface area contributed by atoms with E-state index < -0.39 is 0 Å². The quantitative estimate of drug-likeness (QED) is 0.154. The molecule has 0 spiro atoms. The average Bonchev–Trinajstić information content (AvgIpc) is 3.84. The van der Waals surface area contributed by atoms with Crippen LogP contribution < -0.4 is 9.80 Å². The van der Waals surface area contributed by atoms with E-state index in [9.17, 15) is 0 Å². The van der Waals surface area contributed by atoms with E-state index in [1.54, 1.807) is 0 Å². The molecule has 0 fully saturated rings. The third kappa shape index (κ3) is 5.88. The van der Waals surface area contributed by atoms with Crippen molar-refractivity contribution in [2.45, 2.75) is 0 Å². The van der Waals surface area contributed by atoms with E-state index >= 15 is 0 Å². The van der Waals surface area contributed by atoms with E-state index in [0.29, 0.717) is 0 Å². The fourth-order valence-corrected chi connectivity index (χ4v) is 9.46. The maximum Gasteiger partial charge on any atom is 0.137 e. The van der Waals surface area contributed by atoms with Gasteiger partial charge >= 0.3 is 0 Å². The zero-order chi connectivity index (χ0) is 38.4. The summed E-state index contributed by atoms with van der Waals surface area (Å²) in [6.45, 7) is 0. The van der Waals surface area contributed by atoms with Gasteiger partial charge in [-0.25, -0.2) is 4.98 Å². The molecule has 3 heterocycles. The van der Waals surface area contributed by atoms with Crippen molar-refractivity contribution >= 4 is 87.6 Å². The number of nitrogens with zero attached hydrogens (tertiary/aromatic N) is 4. The monoisotopic (exact) mass is 760 g/mol. The van der Waals surface area contributed by atoms with Gasteiger partial charge < -0.3 is 9.47 Å². The highest BCUT2D eigenvalue weighted by Crippen LogP contribution is 2.41. The van der Waals surface area contributed by atoms with Gasteiger partial charge in [-0.15, -0.1) is 11.3 Å². The smallest absolute Gasteiger partial charge is 0.137 e. The largest absolute Gasteiger partial charge is 0.309 e. The maximum absolute atomic E-state index is 5.17. The van der Waals surface area contributed by atoms with E-state index in [0.717, 1.165) is 39.9 Å². The molecule has 0 aliphatic rings. The summed E-state index contributed by atoms with van der Waals surface area (Å²) in [5, 5.41) is 5.13. The molecule has 3 aromatic heterocycles. The highest BCUT2D eigenvalue weighted by atomic mass is 32.1. The van der Waals surface area contributed by atoms with E-state index in [4.69, 9.17) is 4.98 Å². The van der Waals surface area contributed by atoms with Crippen LogP contribution in [-0.2, 0) is 0 Å². The van der Waals surface area contributed by atoms with Crippen molar-refractivity contribution in [3.63, 3.8) is 0 Å². The molecule has 5 heteroatoms. The molecule has 0 aliphatic carbocycles. The molecule has 0 saturated heterocycles. The molecule has 0 saturated carbocycles.